The third-order valence-corrected chi connectivity index (χ3v) is 4.53. The van der Waals surface area contributed by atoms with E-state index in [-0.39, 0.29) is 16.9 Å². The normalized spacial score (nSPS) is 10.6. The zero-order chi connectivity index (χ0) is 20.4. The molecule has 146 valence electrons. The number of methoxy groups -OCH3 is 3. The lowest BCUT2D eigenvalue weighted by Gasteiger charge is -2.13. The van der Waals surface area contributed by atoms with Gasteiger partial charge in [-0.05, 0) is 42.8 Å². The van der Waals surface area contributed by atoms with Gasteiger partial charge in [0, 0.05) is 10.6 Å². The summed E-state index contributed by atoms with van der Waals surface area (Å²) in [4.78, 5) is 24.7. The molecule has 1 heterocycles. The molecule has 0 aliphatic rings. The highest BCUT2D eigenvalue weighted by molar-refractivity contribution is 6.32. The highest BCUT2D eigenvalue weighted by Gasteiger charge is 2.22. The summed E-state index contributed by atoms with van der Waals surface area (Å²) >= 11 is 6.13. The molecule has 0 bridgehead atoms. The van der Waals surface area contributed by atoms with Gasteiger partial charge in [0.25, 0.3) is 0 Å². The zero-order valence-electron chi connectivity index (χ0n) is 15.6. The number of halogens is 1. The van der Waals surface area contributed by atoms with Gasteiger partial charge in [-0.15, -0.1) is 0 Å². The molecular weight excluding hydrogens is 388 g/mol. The van der Waals surface area contributed by atoms with E-state index < -0.39 is 11.6 Å². The Balaban J connectivity index is 2.33. The summed E-state index contributed by atoms with van der Waals surface area (Å²) in [5.41, 5.74) is 0.924. The van der Waals surface area contributed by atoms with Crippen molar-refractivity contribution in [1.29, 1.82) is 0 Å². The number of ether oxygens (including phenoxy) is 4. The maximum Gasteiger partial charge on any atom is 0.513 e. The molecule has 2 aromatic carbocycles. The van der Waals surface area contributed by atoms with E-state index in [9.17, 15) is 9.59 Å². The molecule has 0 unspecified atom stereocenters. The quantitative estimate of drug-likeness (QED) is 0.588. The molecule has 0 atom stereocenters. The van der Waals surface area contributed by atoms with E-state index in [2.05, 4.69) is 4.74 Å². The van der Waals surface area contributed by atoms with E-state index >= 15 is 0 Å². The number of carbonyl (C=O) groups excluding carboxylic acids is 1. The van der Waals surface area contributed by atoms with Crippen LogP contribution in [0.25, 0.3) is 22.3 Å². The minimum absolute atomic E-state index is 0.0468. The Hall–Kier alpha value is -3.19. The molecule has 0 saturated heterocycles. The lowest BCUT2D eigenvalue weighted by molar-refractivity contribution is 0.120. The van der Waals surface area contributed by atoms with Gasteiger partial charge >= 0.3 is 6.16 Å². The van der Waals surface area contributed by atoms with Crippen molar-refractivity contribution in [2.45, 2.75) is 6.92 Å². The highest BCUT2D eigenvalue weighted by Crippen LogP contribution is 2.37. The Bertz CT molecular complexity index is 1120. The molecule has 0 saturated carbocycles. The lowest BCUT2D eigenvalue weighted by Crippen LogP contribution is -2.16. The molecular formula is C20H17ClO7. The maximum atomic E-state index is 13.0. The fourth-order valence-electron chi connectivity index (χ4n) is 2.68. The lowest BCUT2D eigenvalue weighted by atomic mass is 10.1. The second-order valence-electron chi connectivity index (χ2n) is 5.81. The van der Waals surface area contributed by atoms with Crippen LogP contribution in [0, 0.1) is 6.92 Å². The number of aryl methyl sites for hydroxylation is 1. The van der Waals surface area contributed by atoms with E-state index in [1.165, 1.54) is 20.3 Å². The summed E-state index contributed by atoms with van der Waals surface area (Å²) in [6.07, 6.45) is -1.05. The topological polar surface area (TPSA) is 84.2 Å². The summed E-state index contributed by atoms with van der Waals surface area (Å²) in [7, 11) is 4.13. The largest absolute Gasteiger partial charge is 0.513 e. The van der Waals surface area contributed by atoms with Gasteiger partial charge in [-0.3, -0.25) is 4.79 Å². The smallest absolute Gasteiger partial charge is 0.493 e. The summed E-state index contributed by atoms with van der Waals surface area (Å²) in [6.45, 7) is 1.79. The first-order chi connectivity index (χ1) is 13.4. The van der Waals surface area contributed by atoms with Crippen LogP contribution < -0.4 is 19.6 Å². The van der Waals surface area contributed by atoms with Crippen LogP contribution in [-0.2, 0) is 4.74 Å². The fraction of sp³-hybridized carbons (Fsp3) is 0.200. The summed E-state index contributed by atoms with van der Waals surface area (Å²) in [6, 6.07) is 8.02. The number of benzene rings is 2. The molecule has 0 aliphatic carbocycles. The van der Waals surface area contributed by atoms with E-state index in [1.807, 2.05) is 0 Å². The monoisotopic (exact) mass is 404 g/mol. The summed E-state index contributed by atoms with van der Waals surface area (Å²) < 4.78 is 26.1. The van der Waals surface area contributed by atoms with Crippen LogP contribution in [0.3, 0.4) is 0 Å². The molecule has 3 rings (SSSR count). The second kappa shape index (κ2) is 7.82. The van der Waals surface area contributed by atoms with Gasteiger partial charge in [0.05, 0.1) is 26.7 Å². The summed E-state index contributed by atoms with van der Waals surface area (Å²) in [5.74, 6) is 0.642. The minimum atomic E-state index is -1.05. The average Bonchev–Trinajstić information content (AvgIpc) is 2.70. The van der Waals surface area contributed by atoms with Gasteiger partial charge in [-0.25, -0.2) is 4.79 Å². The molecule has 0 N–H and O–H groups in total. The molecule has 8 heteroatoms. The van der Waals surface area contributed by atoms with Crippen molar-refractivity contribution in [3.05, 3.63) is 51.1 Å². The molecule has 3 aromatic rings. The number of carbonyl (C=O) groups is 1. The van der Waals surface area contributed by atoms with Crippen molar-refractivity contribution in [3.63, 3.8) is 0 Å². The van der Waals surface area contributed by atoms with Gasteiger partial charge in [-0.1, -0.05) is 11.6 Å². The molecule has 0 fully saturated rings. The van der Waals surface area contributed by atoms with E-state index in [1.54, 1.807) is 31.2 Å². The summed E-state index contributed by atoms with van der Waals surface area (Å²) in [5, 5.41) is 0.571. The number of fused-ring (bicyclic) bond motifs is 1. The Morgan fingerprint density at radius 1 is 1.04 bits per heavy atom. The van der Waals surface area contributed by atoms with E-state index in [0.717, 1.165) is 12.7 Å². The molecule has 1 aromatic heterocycles. The fourth-order valence-corrected chi connectivity index (χ4v) is 2.85. The van der Waals surface area contributed by atoms with Crippen LogP contribution in [0.15, 0.2) is 39.5 Å². The predicted molar refractivity (Wildman–Crippen MR) is 104 cm³/mol. The van der Waals surface area contributed by atoms with Crippen LogP contribution in [0.2, 0.25) is 5.02 Å². The van der Waals surface area contributed by atoms with Crippen LogP contribution in [0.4, 0.5) is 4.79 Å². The minimum Gasteiger partial charge on any atom is -0.493 e. The second-order valence-corrected chi connectivity index (χ2v) is 6.22. The molecule has 7 nitrogen and oxygen atoms in total. The van der Waals surface area contributed by atoms with Crippen LogP contribution >= 0.6 is 11.6 Å². The highest BCUT2D eigenvalue weighted by atomic mass is 35.5. The van der Waals surface area contributed by atoms with Crippen LogP contribution in [0.5, 0.6) is 17.2 Å². The first kappa shape index (κ1) is 19.6. The molecule has 28 heavy (non-hydrogen) atoms. The van der Waals surface area contributed by atoms with Crippen molar-refractivity contribution < 1.29 is 28.2 Å². The Morgan fingerprint density at radius 3 is 2.39 bits per heavy atom. The SMILES string of the molecule is COC(=O)Oc1c(-c2ccc(OC)c(OC)c2)oc2cc(C)c(Cl)cc2c1=O. The number of hydrogen-bond donors (Lipinski definition) is 0. The third kappa shape index (κ3) is 3.48. The van der Waals surface area contributed by atoms with Gasteiger partial charge in [-0.2, -0.15) is 0 Å². The van der Waals surface area contributed by atoms with Crippen molar-refractivity contribution in [2.24, 2.45) is 0 Å². The number of rotatable bonds is 4. The maximum absolute atomic E-state index is 13.0. The van der Waals surface area contributed by atoms with E-state index in [4.69, 9.17) is 30.2 Å². The van der Waals surface area contributed by atoms with Gasteiger partial charge in [0.2, 0.25) is 11.2 Å². The molecule has 0 amide bonds. The van der Waals surface area contributed by atoms with Gasteiger partial charge < -0.3 is 23.4 Å². The molecule has 0 radical (unpaired) electrons. The van der Waals surface area contributed by atoms with Crippen LogP contribution in [0.1, 0.15) is 5.56 Å². The number of hydrogen-bond acceptors (Lipinski definition) is 7. The van der Waals surface area contributed by atoms with Gasteiger partial charge in [0.1, 0.15) is 5.58 Å². The molecule has 0 spiro atoms. The first-order valence-corrected chi connectivity index (χ1v) is 8.52. The van der Waals surface area contributed by atoms with Crippen LogP contribution in [-0.4, -0.2) is 27.5 Å². The third-order valence-electron chi connectivity index (χ3n) is 4.13. The Morgan fingerprint density at radius 2 is 1.75 bits per heavy atom. The zero-order valence-corrected chi connectivity index (χ0v) is 16.4. The standard InChI is InChI=1S/C20H17ClO7/c1-10-7-15-12(9-13(10)21)17(22)19(28-20(23)26-4)18(27-15)11-5-6-14(24-2)16(8-11)25-3/h5-9H,1-4H3. The Labute approximate surface area is 165 Å². The van der Waals surface area contributed by atoms with Crippen molar-refractivity contribution in [2.75, 3.05) is 21.3 Å². The predicted octanol–water partition coefficient (Wildman–Crippen LogP) is 4.58. The first-order valence-electron chi connectivity index (χ1n) is 8.14. The van der Waals surface area contributed by atoms with Crippen molar-refractivity contribution in [3.8, 4) is 28.6 Å². The van der Waals surface area contributed by atoms with Gasteiger partial charge in [0.15, 0.2) is 17.3 Å². The van der Waals surface area contributed by atoms with Crippen molar-refractivity contribution >= 4 is 28.7 Å². The average molecular weight is 405 g/mol. The van der Waals surface area contributed by atoms with E-state index in [0.29, 0.717) is 27.7 Å². The molecule has 0 aliphatic heterocycles. The van der Waals surface area contributed by atoms with Crippen molar-refractivity contribution in [1.82, 2.24) is 0 Å². The Kier molecular flexibility index (Phi) is 5.46.